The van der Waals surface area contributed by atoms with Crippen LogP contribution in [0.5, 0.6) is 0 Å². The predicted octanol–water partition coefficient (Wildman–Crippen LogP) is 2.05. The molecule has 0 unspecified atom stereocenters. The first kappa shape index (κ1) is 13.1. The molecular formula is C17H21N2O+. The second-order valence-corrected chi connectivity index (χ2v) is 5.13. The van der Waals surface area contributed by atoms with Crippen molar-refractivity contribution >= 4 is 5.69 Å². The van der Waals surface area contributed by atoms with Crippen molar-refractivity contribution in [3.63, 3.8) is 0 Å². The first-order valence-electron chi connectivity index (χ1n) is 7.27. The van der Waals surface area contributed by atoms with Gasteiger partial charge in [-0.1, -0.05) is 30.3 Å². The molecule has 20 heavy (non-hydrogen) atoms. The Bertz CT molecular complexity index is 518. The highest BCUT2D eigenvalue weighted by molar-refractivity contribution is 5.43. The van der Waals surface area contributed by atoms with Crippen LogP contribution in [0.25, 0.3) is 0 Å². The van der Waals surface area contributed by atoms with E-state index in [0.717, 1.165) is 39.3 Å². The molecule has 1 aromatic heterocycles. The van der Waals surface area contributed by atoms with Gasteiger partial charge in [0.15, 0.2) is 18.9 Å². The zero-order valence-electron chi connectivity index (χ0n) is 11.7. The van der Waals surface area contributed by atoms with Crippen molar-refractivity contribution < 1.29 is 9.30 Å². The minimum atomic E-state index is 0.836. The minimum Gasteiger partial charge on any atom is -0.378 e. The topological polar surface area (TPSA) is 16.4 Å². The lowest BCUT2D eigenvalue weighted by atomic mass is 10.1. The second kappa shape index (κ2) is 6.53. The summed E-state index contributed by atoms with van der Waals surface area (Å²) in [6.45, 7) is 4.68. The van der Waals surface area contributed by atoms with Crippen LogP contribution in [0, 0.1) is 0 Å². The third-order valence-electron chi connectivity index (χ3n) is 3.75. The third-order valence-corrected chi connectivity index (χ3v) is 3.75. The maximum Gasteiger partial charge on any atom is 0.170 e. The molecule has 0 amide bonds. The van der Waals surface area contributed by atoms with E-state index in [1.165, 1.54) is 11.3 Å². The molecule has 104 valence electrons. The van der Waals surface area contributed by atoms with Crippen LogP contribution in [0.1, 0.15) is 5.56 Å². The largest absolute Gasteiger partial charge is 0.378 e. The van der Waals surface area contributed by atoms with Gasteiger partial charge in [0.1, 0.15) is 0 Å². The van der Waals surface area contributed by atoms with E-state index >= 15 is 0 Å². The summed E-state index contributed by atoms with van der Waals surface area (Å²) in [6.07, 6.45) is 5.42. The van der Waals surface area contributed by atoms with E-state index in [2.05, 4.69) is 64.3 Å². The van der Waals surface area contributed by atoms with Gasteiger partial charge >= 0.3 is 0 Å². The van der Waals surface area contributed by atoms with Crippen molar-refractivity contribution in [2.45, 2.75) is 13.0 Å². The molecule has 0 atom stereocenters. The molecule has 1 saturated heterocycles. The van der Waals surface area contributed by atoms with Gasteiger partial charge in [-0.25, -0.2) is 4.57 Å². The van der Waals surface area contributed by atoms with Crippen LogP contribution in [0.3, 0.4) is 0 Å². The molecule has 0 N–H and O–H groups in total. The Hall–Kier alpha value is -1.87. The van der Waals surface area contributed by atoms with Crippen molar-refractivity contribution in [2.75, 3.05) is 31.2 Å². The molecule has 3 heteroatoms. The van der Waals surface area contributed by atoms with E-state index in [-0.39, 0.29) is 0 Å². The molecule has 3 rings (SSSR count). The molecule has 0 aliphatic carbocycles. The van der Waals surface area contributed by atoms with Crippen LogP contribution < -0.4 is 9.47 Å². The Morgan fingerprint density at radius 3 is 2.35 bits per heavy atom. The number of hydrogen-bond acceptors (Lipinski definition) is 2. The Labute approximate surface area is 120 Å². The fraction of sp³-hybridized carbons (Fsp3) is 0.353. The molecule has 0 saturated carbocycles. The zero-order chi connectivity index (χ0) is 13.6. The Balaban J connectivity index is 1.58. The summed E-state index contributed by atoms with van der Waals surface area (Å²) in [7, 11) is 0. The van der Waals surface area contributed by atoms with Crippen molar-refractivity contribution in [1.29, 1.82) is 0 Å². The molecule has 0 radical (unpaired) electrons. The fourth-order valence-electron chi connectivity index (χ4n) is 2.53. The summed E-state index contributed by atoms with van der Waals surface area (Å²) in [5.41, 5.74) is 2.68. The predicted molar refractivity (Wildman–Crippen MR) is 79.8 cm³/mol. The van der Waals surface area contributed by atoms with Gasteiger partial charge in [-0.2, -0.15) is 0 Å². The van der Waals surface area contributed by atoms with Gasteiger partial charge < -0.3 is 9.64 Å². The Morgan fingerprint density at radius 1 is 0.950 bits per heavy atom. The lowest BCUT2D eigenvalue weighted by Crippen LogP contribution is -2.38. The maximum atomic E-state index is 5.39. The van der Waals surface area contributed by atoms with Gasteiger partial charge in [-0.3, -0.25) is 0 Å². The Kier molecular flexibility index (Phi) is 4.28. The quantitative estimate of drug-likeness (QED) is 0.790. The number of anilines is 1. The number of morpholine rings is 1. The van der Waals surface area contributed by atoms with E-state index in [9.17, 15) is 0 Å². The molecule has 0 bridgehead atoms. The van der Waals surface area contributed by atoms with Crippen molar-refractivity contribution in [2.24, 2.45) is 0 Å². The van der Waals surface area contributed by atoms with Crippen LogP contribution >= 0.6 is 0 Å². The normalized spacial score (nSPS) is 15.3. The van der Waals surface area contributed by atoms with Crippen LogP contribution in [0.4, 0.5) is 5.69 Å². The number of pyridine rings is 1. The average Bonchev–Trinajstić information content (AvgIpc) is 2.55. The molecule has 1 aromatic carbocycles. The number of ether oxygens (including phenoxy) is 1. The molecular weight excluding hydrogens is 248 g/mol. The van der Waals surface area contributed by atoms with Crippen LogP contribution in [0.2, 0.25) is 0 Å². The lowest BCUT2D eigenvalue weighted by molar-refractivity contribution is -0.696. The first-order chi connectivity index (χ1) is 9.92. The van der Waals surface area contributed by atoms with E-state index in [0.29, 0.717) is 0 Å². The highest BCUT2D eigenvalue weighted by atomic mass is 16.5. The summed E-state index contributed by atoms with van der Waals surface area (Å²) < 4.78 is 7.63. The molecule has 1 fully saturated rings. The fourth-order valence-corrected chi connectivity index (χ4v) is 2.53. The van der Waals surface area contributed by atoms with Crippen molar-refractivity contribution in [3.8, 4) is 0 Å². The molecule has 1 aliphatic rings. The van der Waals surface area contributed by atoms with Gasteiger partial charge in [0, 0.05) is 37.3 Å². The van der Waals surface area contributed by atoms with Gasteiger partial charge in [-0.15, -0.1) is 0 Å². The third kappa shape index (κ3) is 3.36. The highest BCUT2D eigenvalue weighted by Crippen LogP contribution is 2.13. The number of nitrogens with zero attached hydrogens (tertiary/aromatic N) is 2. The maximum absolute atomic E-state index is 5.39. The van der Waals surface area contributed by atoms with Crippen molar-refractivity contribution in [3.05, 3.63) is 60.4 Å². The summed E-state index contributed by atoms with van der Waals surface area (Å²) in [5.74, 6) is 0. The number of aromatic nitrogens is 1. The summed E-state index contributed by atoms with van der Waals surface area (Å²) in [4.78, 5) is 2.38. The Morgan fingerprint density at radius 2 is 1.65 bits per heavy atom. The van der Waals surface area contributed by atoms with Crippen LogP contribution in [-0.4, -0.2) is 26.3 Å². The monoisotopic (exact) mass is 269 g/mol. The SMILES string of the molecule is c1ccc(CC[n+]2ccc(N3CCOCC3)cc2)cc1. The number of aryl methyl sites for hydroxylation is 2. The van der Waals surface area contributed by atoms with Crippen molar-refractivity contribution in [1.82, 2.24) is 0 Å². The summed E-state index contributed by atoms with van der Waals surface area (Å²) in [6, 6.07) is 15.0. The molecule has 0 spiro atoms. The molecule has 2 heterocycles. The van der Waals surface area contributed by atoms with E-state index in [4.69, 9.17) is 4.74 Å². The minimum absolute atomic E-state index is 0.836. The highest BCUT2D eigenvalue weighted by Gasteiger charge is 2.12. The van der Waals surface area contributed by atoms with Crippen LogP contribution in [-0.2, 0) is 17.7 Å². The number of benzene rings is 1. The summed E-state index contributed by atoms with van der Waals surface area (Å²) >= 11 is 0. The van der Waals surface area contributed by atoms with Gasteiger partial charge in [0.05, 0.1) is 13.2 Å². The number of hydrogen-bond donors (Lipinski definition) is 0. The molecule has 2 aromatic rings. The zero-order valence-corrected chi connectivity index (χ0v) is 11.7. The van der Waals surface area contributed by atoms with Gasteiger partial charge in [0.2, 0.25) is 0 Å². The molecule has 1 aliphatic heterocycles. The van der Waals surface area contributed by atoms with E-state index < -0.39 is 0 Å². The standard InChI is InChI=1S/C17H21N2O/c1-2-4-16(5-3-1)6-9-18-10-7-17(8-11-18)19-12-14-20-15-13-19/h1-5,7-8,10-11H,6,9,12-15H2/q+1. The first-order valence-corrected chi connectivity index (χ1v) is 7.27. The molecule has 3 nitrogen and oxygen atoms in total. The summed E-state index contributed by atoms with van der Waals surface area (Å²) in [5, 5.41) is 0. The lowest BCUT2D eigenvalue weighted by Gasteiger charge is -2.28. The van der Waals surface area contributed by atoms with Gasteiger partial charge in [-0.05, 0) is 5.56 Å². The van der Waals surface area contributed by atoms with Gasteiger partial charge in [0.25, 0.3) is 0 Å². The second-order valence-electron chi connectivity index (χ2n) is 5.13. The van der Waals surface area contributed by atoms with E-state index in [1.807, 2.05) is 0 Å². The smallest absolute Gasteiger partial charge is 0.170 e. The van der Waals surface area contributed by atoms with E-state index in [1.54, 1.807) is 0 Å². The average molecular weight is 269 g/mol. The van der Waals surface area contributed by atoms with Crippen LogP contribution in [0.15, 0.2) is 54.9 Å². The number of rotatable bonds is 4.